The van der Waals surface area contributed by atoms with Gasteiger partial charge in [-0.3, -0.25) is 4.57 Å². The predicted octanol–water partition coefficient (Wildman–Crippen LogP) is 4.91. The van der Waals surface area contributed by atoms with Crippen LogP contribution >= 0.6 is 28.1 Å². The van der Waals surface area contributed by atoms with E-state index in [9.17, 15) is 4.39 Å². The van der Waals surface area contributed by atoms with E-state index < -0.39 is 5.82 Å². The average Bonchev–Trinajstić information content (AvgIpc) is 2.73. The van der Waals surface area contributed by atoms with Crippen LogP contribution in [0.4, 0.5) is 4.39 Å². The second-order valence-electron chi connectivity index (χ2n) is 4.72. The molecule has 0 saturated heterocycles. The van der Waals surface area contributed by atoms with E-state index in [1.807, 2.05) is 29.7 Å². The van der Waals surface area contributed by atoms with Crippen molar-refractivity contribution < 1.29 is 9.13 Å². The van der Waals surface area contributed by atoms with Gasteiger partial charge in [-0.05, 0) is 52.8 Å². The number of fused-ring (bicyclic) bond motifs is 1. The molecule has 0 fully saturated rings. The zero-order valence-corrected chi connectivity index (χ0v) is 13.8. The zero-order chi connectivity index (χ0) is 15.1. The lowest BCUT2D eigenvalue weighted by Gasteiger charge is -2.09. The number of aromatic amines is 1. The summed E-state index contributed by atoms with van der Waals surface area (Å²) in [4.78, 5) is 3.02. The van der Waals surface area contributed by atoms with Crippen LogP contribution in [0, 0.1) is 17.5 Å². The smallest absolute Gasteiger partial charge is 0.182 e. The highest BCUT2D eigenvalue weighted by atomic mass is 79.9. The number of ether oxygens (including phenoxy) is 1. The quantitative estimate of drug-likeness (QED) is 0.653. The van der Waals surface area contributed by atoms with Crippen molar-refractivity contribution in [1.29, 1.82) is 0 Å². The highest BCUT2D eigenvalue weighted by Crippen LogP contribution is 2.30. The lowest BCUT2D eigenvalue weighted by atomic mass is 10.2. The van der Waals surface area contributed by atoms with Crippen molar-refractivity contribution in [1.82, 2.24) is 9.55 Å². The van der Waals surface area contributed by atoms with Gasteiger partial charge >= 0.3 is 0 Å². The SMILES string of the molecule is COc1cc2c(cc1F)[nH]c(=S)n2-c1ccc(C)cc1Br. The van der Waals surface area contributed by atoms with Crippen LogP contribution < -0.4 is 4.74 Å². The minimum atomic E-state index is -0.420. The number of aryl methyl sites for hydroxylation is 1. The lowest BCUT2D eigenvalue weighted by molar-refractivity contribution is 0.387. The van der Waals surface area contributed by atoms with Gasteiger partial charge in [-0.2, -0.15) is 0 Å². The molecule has 0 unspecified atom stereocenters. The number of hydrogen-bond acceptors (Lipinski definition) is 2. The van der Waals surface area contributed by atoms with Crippen molar-refractivity contribution in [2.75, 3.05) is 7.11 Å². The zero-order valence-electron chi connectivity index (χ0n) is 11.4. The summed E-state index contributed by atoms with van der Waals surface area (Å²) in [6.45, 7) is 2.02. The third-order valence-corrected chi connectivity index (χ3v) is 4.22. The van der Waals surface area contributed by atoms with Crippen LogP contribution in [0.2, 0.25) is 0 Å². The first-order valence-corrected chi connectivity index (χ1v) is 7.46. The molecule has 3 nitrogen and oxygen atoms in total. The Morgan fingerprint density at radius 2 is 2.05 bits per heavy atom. The molecule has 3 aromatic rings. The number of benzene rings is 2. The highest BCUT2D eigenvalue weighted by molar-refractivity contribution is 9.10. The first-order valence-electron chi connectivity index (χ1n) is 6.26. The standard InChI is InChI=1S/C15H12BrFN2OS/c1-8-3-4-12(9(16)5-8)19-13-7-14(20-2)10(17)6-11(13)18-15(19)21/h3-7H,1-2H3,(H,18,21). The van der Waals surface area contributed by atoms with Crippen molar-refractivity contribution in [2.45, 2.75) is 6.92 Å². The maximum absolute atomic E-state index is 13.8. The van der Waals surface area contributed by atoms with Gasteiger partial charge in [0.1, 0.15) is 0 Å². The summed E-state index contributed by atoms with van der Waals surface area (Å²) < 4.78 is 22.1. The summed E-state index contributed by atoms with van der Waals surface area (Å²) in [7, 11) is 1.44. The van der Waals surface area contributed by atoms with E-state index in [0.717, 1.165) is 21.2 Å². The molecular weight excluding hydrogens is 355 g/mol. The molecular formula is C15H12BrFN2OS. The first-order chi connectivity index (χ1) is 10.0. The van der Waals surface area contributed by atoms with Gasteiger partial charge in [0.25, 0.3) is 0 Å². The van der Waals surface area contributed by atoms with Gasteiger partial charge in [0.2, 0.25) is 0 Å². The predicted molar refractivity (Wildman–Crippen MR) is 87.4 cm³/mol. The van der Waals surface area contributed by atoms with E-state index in [4.69, 9.17) is 17.0 Å². The molecule has 21 heavy (non-hydrogen) atoms. The average molecular weight is 367 g/mol. The number of aromatic nitrogens is 2. The monoisotopic (exact) mass is 366 g/mol. The van der Waals surface area contributed by atoms with Gasteiger partial charge in [-0.1, -0.05) is 6.07 Å². The summed E-state index contributed by atoms with van der Waals surface area (Å²) in [6.07, 6.45) is 0. The second-order valence-corrected chi connectivity index (χ2v) is 5.97. The van der Waals surface area contributed by atoms with Crippen LogP contribution in [0.3, 0.4) is 0 Å². The minimum Gasteiger partial charge on any atom is -0.494 e. The van der Waals surface area contributed by atoms with Gasteiger partial charge in [0.05, 0.1) is 23.8 Å². The van der Waals surface area contributed by atoms with E-state index in [2.05, 4.69) is 20.9 Å². The number of nitrogens with one attached hydrogen (secondary N) is 1. The molecule has 0 amide bonds. The number of imidazole rings is 1. The van der Waals surface area contributed by atoms with Crippen molar-refractivity contribution in [3.8, 4) is 11.4 Å². The molecule has 0 aliphatic heterocycles. The van der Waals surface area contributed by atoms with E-state index >= 15 is 0 Å². The normalized spacial score (nSPS) is 11.0. The van der Waals surface area contributed by atoms with Crippen LogP contribution in [-0.2, 0) is 0 Å². The first kappa shape index (κ1) is 14.3. The van der Waals surface area contributed by atoms with Gasteiger partial charge in [-0.25, -0.2) is 4.39 Å². The third kappa shape index (κ3) is 2.38. The van der Waals surface area contributed by atoms with Gasteiger partial charge in [0, 0.05) is 16.6 Å². The van der Waals surface area contributed by atoms with E-state index in [-0.39, 0.29) is 5.75 Å². The lowest BCUT2D eigenvalue weighted by Crippen LogP contribution is -1.96. The molecule has 0 aliphatic rings. The van der Waals surface area contributed by atoms with Crippen LogP contribution in [-0.4, -0.2) is 16.7 Å². The third-order valence-electron chi connectivity index (χ3n) is 3.30. The molecule has 0 bridgehead atoms. The summed E-state index contributed by atoms with van der Waals surface area (Å²) in [5, 5.41) is 0. The Bertz CT molecular complexity index is 901. The van der Waals surface area contributed by atoms with Crippen molar-refractivity contribution in [3.63, 3.8) is 0 Å². The Morgan fingerprint density at radius 3 is 2.71 bits per heavy atom. The number of hydrogen-bond donors (Lipinski definition) is 1. The molecule has 0 radical (unpaired) electrons. The Labute approximate surface area is 134 Å². The summed E-state index contributed by atoms with van der Waals surface area (Å²) >= 11 is 8.93. The molecule has 1 N–H and O–H groups in total. The molecule has 108 valence electrons. The molecule has 1 heterocycles. The number of H-pyrrole nitrogens is 1. The molecule has 6 heteroatoms. The van der Waals surface area contributed by atoms with Gasteiger partial charge in [-0.15, -0.1) is 0 Å². The van der Waals surface area contributed by atoms with Crippen LogP contribution in [0.25, 0.3) is 16.7 Å². The summed E-state index contributed by atoms with van der Waals surface area (Å²) in [6, 6.07) is 9.02. The molecule has 0 spiro atoms. The van der Waals surface area contributed by atoms with Crippen molar-refractivity contribution in [3.05, 3.63) is 51.0 Å². The summed E-state index contributed by atoms with van der Waals surface area (Å²) in [5.41, 5.74) is 3.43. The number of methoxy groups -OCH3 is 1. The largest absolute Gasteiger partial charge is 0.494 e. The van der Waals surface area contributed by atoms with E-state index in [0.29, 0.717) is 10.3 Å². The topological polar surface area (TPSA) is 29.9 Å². The number of halogens is 2. The van der Waals surface area contributed by atoms with E-state index in [1.54, 1.807) is 6.07 Å². The van der Waals surface area contributed by atoms with E-state index in [1.165, 1.54) is 13.2 Å². The maximum atomic E-state index is 13.8. The number of rotatable bonds is 2. The van der Waals surface area contributed by atoms with Crippen molar-refractivity contribution >= 4 is 39.2 Å². The fraction of sp³-hybridized carbons (Fsp3) is 0.133. The minimum absolute atomic E-state index is 0.188. The Morgan fingerprint density at radius 1 is 1.29 bits per heavy atom. The van der Waals surface area contributed by atoms with Gasteiger partial charge < -0.3 is 9.72 Å². The molecule has 0 aliphatic carbocycles. The Balaban J connectivity index is 2.36. The fourth-order valence-electron chi connectivity index (χ4n) is 2.30. The van der Waals surface area contributed by atoms with Gasteiger partial charge in [0.15, 0.2) is 16.3 Å². The van der Waals surface area contributed by atoms with Crippen LogP contribution in [0.5, 0.6) is 5.75 Å². The summed E-state index contributed by atoms with van der Waals surface area (Å²) in [5.74, 6) is -0.232. The Kier molecular flexibility index (Phi) is 3.59. The fourth-order valence-corrected chi connectivity index (χ4v) is 3.27. The van der Waals surface area contributed by atoms with Crippen LogP contribution in [0.15, 0.2) is 34.8 Å². The molecule has 3 rings (SSSR count). The highest BCUT2D eigenvalue weighted by Gasteiger charge is 2.13. The Hall–Kier alpha value is -1.66. The molecule has 0 saturated carbocycles. The number of nitrogens with zero attached hydrogens (tertiary/aromatic N) is 1. The molecule has 1 aromatic heterocycles. The van der Waals surface area contributed by atoms with Crippen LogP contribution in [0.1, 0.15) is 5.56 Å². The maximum Gasteiger partial charge on any atom is 0.182 e. The molecule has 2 aromatic carbocycles. The molecule has 0 atom stereocenters. The second kappa shape index (κ2) is 5.27. The van der Waals surface area contributed by atoms with Crippen molar-refractivity contribution in [2.24, 2.45) is 0 Å².